The summed E-state index contributed by atoms with van der Waals surface area (Å²) in [7, 11) is 0. The average molecular weight is 440 g/mol. The number of para-hydroxylation sites is 1. The Hall–Kier alpha value is -3.16. The maximum absolute atomic E-state index is 13.3. The van der Waals surface area contributed by atoms with Crippen molar-refractivity contribution >= 4 is 44.7 Å². The van der Waals surface area contributed by atoms with Gasteiger partial charge in [-0.1, -0.05) is 35.9 Å². The van der Waals surface area contributed by atoms with E-state index in [9.17, 15) is 14.4 Å². The van der Waals surface area contributed by atoms with E-state index >= 15 is 0 Å². The summed E-state index contributed by atoms with van der Waals surface area (Å²) in [6.07, 6.45) is 0. The van der Waals surface area contributed by atoms with Gasteiger partial charge in [0.05, 0.1) is 21.9 Å². The molecule has 0 atom stereocenters. The molecule has 0 aliphatic carbocycles. The van der Waals surface area contributed by atoms with Gasteiger partial charge in [0.15, 0.2) is 0 Å². The lowest BCUT2D eigenvalue weighted by atomic mass is 10.2. The molecule has 8 heteroatoms. The quantitative estimate of drug-likeness (QED) is 0.519. The molecule has 6 nitrogen and oxygen atoms in total. The number of fused-ring (bicyclic) bond motifs is 1. The molecule has 0 saturated carbocycles. The van der Waals surface area contributed by atoms with Crippen LogP contribution in [-0.2, 0) is 11.3 Å². The fourth-order valence-corrected chi connectivity index (χ4v) is 4.43. The van der Waals surface area contributed by atoms with Crippen LogP contribution in [0.15, 0.2) is 63.5 Å². The third-order valence-corrected chi connectivity index (χ3v) is 6.02. The molecule has 0 bridgehead atoms. The van der Waals surface area contributed by atoms with E-state index in [1.54, 1.807) is 35.7 Å². The minimum atomic E-state index is -0.564. The van der Waals surface area contributed by atoms with Gasteiger partial charge >= 0.3 is 5.69 Å². The Morgan fingerprint density at radius 1 is 1.10 bits per heavy atom. The van der Waals surface area contributed by atoms with Crippen LogP contribution in [0, 0.1) is 13.8 Å². The molecule has 2 heterocycles. The van der Waals surface area contributed by atoms with Crippen LogP contribution in [0.3, 0.4) is 0 Å². The number of nitrogens with zero attached hydrogens (tertiary/aromatic N) is 2. The van der Waals surface area contributed by atoms with E-state index in [1.807, 2.05) is 32.0 Å². The second-order valence-electron chi connectivity index (χ2n) is 6.96. The van der Waals surface area contributed by atoms with Crippen molar-refractivity contribution in [2.75, 3.05) is 5.32 Å². The minimum Gasteiger partial charge on any atom is -0.323 e. The summed E-state index contributed by atoms with van der Waals surface area (Å²) in [5, 5.41) is 4.89. The SMILES string of the molecule is Cc1ccc(NC(=O)Cn2c(=O)n(-c3ccccc3C)c(=O)c3sccc32)c(Cl)c1. The van der Waals surface area contributed by atoms with E-state index < -0.39 is 17.2 Å². The molecule has 152 valence electrons. The lowest BCUT2D eigenvalue weighted by molar-refractivity contribution is -0.116. The molecule has 1 amide bonds. The zero-order valence-corrected chi connectivity index (χ0v) is 17.9. The lowest BCUT2D eigenvalue weighted by Crippen LogP contribution is -2.40. The molecule has 0 fully saturated rings. The first-order valence-electron chi connectivity index (χ1n) is 9.22. The zero-order chi connectivity index (χ0) is 21.4. The highest BCUT2D eigenvalue weighted by atomic mass is 35.5. The summed E-state index contributed by atoms with van der Waals surface area (Å²) < 4.78 is 2.86. The number of aromatic nitrogens is 2. The number of thiophene rings is 1. The molecule has 0 aliphatic heterocycles. The Morgan fingerprint density at radius 2 is 1.87 bits per heavy atom. The van der Waals surface area contributed by atoms with Crippen LogP contribution in [0.1, 0.15) is 11.1 Å². The number of nitrogens with one attached hydrogen (secondary N) is 1. The Morgan fingerprint density at radius 3 is 2.60 bits per heavy atom. The number of halogens is 1. The number of carbonyl (C=O) groups excluding carboxylic acids is 1. The van der Waals surface area contributed by atoms with Gasteiger partial charge in [-0.25, -0.2) is 9.36 Å². The largest absolute Gasteiger partial charge is 0.336 e. The molecular formula is C22H18ClN3O3S. The van der Waals surface area contributed by atoms with Crippen molar-refractivity contribution in [2.45, 2.75) is 20.4 Å². The standard InChI is InChI=1S/C22H18ClN3O3S/c1-13-7-8-16(15(23)11-13)24-19(27)12-25-18-9-10-30-20(18)21(28)26(22(25)29)17-6-4-3-5-14(17)2/h3-11H,12H2,1-2H3,(H,24,27). The number of hydrogen-bond acceptors (Lipinski definition) is 4. The van der Waals surface area contributed by atoms with Crippen LogP contribution in [0.2, 0.25) is 5.02 Å². The highest BCUT2D eigenvalue weighted by Gasteiger charge is 2.18. The Kier molecular flexibility index (Phi) is 5.32. The van der Waals surface area contributed by atoms with E-state index in [0.29, 0.717) is 26.6 Å². The fourth-order valence-electron chi connectivity index (χ4n) is 3.32. The van der Waals surface area contributed by atoms with Gasteiger partial charge in [-0.05, 0) is 54.6 Å². The van der Waals surface area contributed by atoms with Gasteiger partial charge < -0.3 is 5.32 Å². The van der Waals surface area contributed by atoms with Gasteiger partial charge in [0.25, 0.3) is 5.56 Å². The number of anilines is 1. The van der Waals surface area contributed by atoms with Crippen molar-refractivity contribution in [3.05, 3.63) is 90.9 Å². The summed E-state index contributed by atoms with van der Waals surface area (Å²) in [6.45, 7) is 3.48. The summed E-state index contributed by atoms with van der Waals surface area (Å²) in [5.41, 5.74) is 2.20. The fraction of sp³-hybridized carbons (Fsp3) is 0.136. The van der Waals surface area contributed by atoms with E-state index in [2.05, 4.69) is 5.32 Å². The Bertz CT molecular complexity index is 1400. The van der Waals surface area contributed by atoms with Crippen LogP contribution in [0.25, 0.3) is 15.9 Å². The topological polar surface area (TPSA) is 73.1 Å². The maximum atomic E-state index is 13.3. The summed E-state index contributed by atoms with van der Waals surface area (Å²) in [4.78, 5) is 39.0. The van der Waals surface area contributed by atoms with E-state index in [-0.39, 0.29) is 6.54 Å². The normalized spacial score (nSPS) is 11.0. The van der Waals surface area contributed by atoms with Gasteiger partial charge in [-0.3, -0.25) is 14.2 Å². The molecule has 2 aromatic carbocycles. The smallest absolute Gasteiger partial charge is 0.323 e. The molecular weight excluding hydrogens is 422 g/mol. The summed E-state index contributed by atoms with van der Waals surface area (Å²) >= 11 is 7.44. The van der Waals surface area contributed by atoms with E-state index in [0.717, 1.165) is 15.7 Å². The number of hydrogen-bond donors (Lipinski definition) is 1. The summed E-state index contributed by atoms with van der Waals surface area (Å²) in [5.74, 6) is -0.412. The Labute approximate surface area is 181 Å². The van der Waals surface area contributed by atoms with Crippen molar-refractivity contribution in [3.63, 3.8) is 0 Å². The number of amides is 1. The van der Waals surface area contributed by atoms with E-state index in [4.69, 9.17) is 11.6 Å². The predicted octanol–water partition coefficient (Wildman–Crippen LogP) is 4.12. The molecule has 0 unspecified atom stereocenters. The van der Waals surface area contributed by atoms with Gasteiger partial charge in [0, 0.05) is 0 Å². The lowest BCUT2D eigenvalue weighted by Gasteiger charge is -2.14. The minimum absolute atomic E-state index is 0.248. The molecule has 1 N–H and O–H groups in total. The van der Waals surface area contributed by atoms with Gasteiger partial charge in [0.2, 0.25) is 5.91 Å². The first-order chi connectivity index (χ1) is 14.4. The zero-order valence-electron chi connectivity index (χ0n) is 16.3. The van der Waals surface area contributed by atoms with Crippen LogP contribution >= 0.6 is 22.9 Å². The first-order valence-corrected chi connectivity index (χ1v) is 10.5. The number of rotatable bonds is 4. The van der Waals surface area contributed by atoms with Crippen LogP contribution in [0.5, 0.6) is 0 Å². The molecule has 2 aromatic heterocycles. The highest BCUT2D eigenvalue weighted by molar-refractivity contribution is 7.17. The molecule has 4 aromatic rings. The molecule has 4 rings (SSSR count). The molecule has 0 radical (unpaired) electrons. The summed E-state index contributed by atoms with van der Waals surface area (Å²) in [6, 6.07) is 14.1. The second kappa shape index (κ2) is 7.93. The van der Waals surface area contributed by atoms with Crippen molar-refractivity contribution < 1.29 is 4.79 Å². The van der Waals surface area contributed by atoms with Gasteiger partial charge in [-0.2, -0.15) is 0 Å². The maximum Gasteiger partial charge on any atom is 0.336 e. The third kappa shape index (κ3) is 3.58. The monoisotopic (exact) mass is 439 g/mol. The molecule has 0 aliphatic rings. The van der Waals surface area contributed by atoms with E-state index in [1.165, 1.54) is 15.9 Å². The average Bonchev–Trinajstić information content (AvgIpc) is 3.19. The molecule has 0 spiro atoms. The Balaban J connectivity index is 1.80. The second-order valence-corrected chi connectivity index (χ2v) is 8.29. The highest BCUT2D eigenvalue weighted by Crippen LogP contribution is 2.23. The first kappa shape index (κ1) is 20.1. The van der Waals surface area contributed by atoms with Crippen molar-refractivity contribution in [3.8, 4) is 5.69 Å². The van der Waals surface area contributed by atoms with Crippen molar-refractivity contribution in [1.82, 2.24) is 9.13 Å². The van der Waals surface area contributed by atoms with Gasteiger partial charge in [0.1, 0.15) is 11.2 Å². The number of benzene rings is 2. The van der Waals surface area contributed by atoms with Crippen LogP contribution < -0.4 is 16.6 Å². The van der Waals surface area contributed by atoms with Crippen molar-refractivity contribution in [1.29, 1.82) is 0 Å². The van der Waals surface area contributed by atoms with Gasteiger partial charge in [-0.15, -0.1) is 11.3 Å². The molecule has 0 saturated heterocycles. The predicted molar refractivity (Wildman–Crippen MR) is 121 cm³/mol. The van der Waals surface area contributed by atoms with Crippen LogP contribution in [0.4, 0.5) is 5.69 Å². The number of aryl methyl sites for hydroxylation is 2. The number of carbonyl (C=O) groups is 1. The van der Waals surface area contributed by atoms with Crippen LogP contribution in [-0.4, -0.2) is 15.0 Å². The molecule has 30 heavy (non-hydrogen) atoms. The third-order valence-electron chi connectivity index (χ3n) is 4.81. The van der Waals surface area contributed by atoms with Crippen molar-refractivity contribution in [2.24, 2.45) is 0 Å².